The van der Waals surface area contributed by atoms with Gasteiger partial charge in [-0.2, -0.15) is 0 Å². The molecule has 0 aliphatic carbocycles. The van der Waals surface area contributed by atoms with Gasteiger partial charge < -0.3 is 0 Å². The van der Waals surface area contributed by atoms with E-state index < -0.39 is 0 Å². The van der Waals surface area contributed by atoms with E-state index in [4.69, 9.17) is 0 Å². The summed E-state index contributed by atoms with van der Waals surface area (Å²) >= 11 is 0. The molecule has 5 aromatic rings. The smallest absolute Gasteiger partial charge is 0.124 e. The third-order valence-electron chi connectivity index (χ3n) is 6.27. The van der Waals surface area contributed by atoms with Crippen LogP contribution in [0.1, 0.15) is 27.8 Å². The van der Waals surface area contributed by atoms with Gasteiger partial charge in [0, 0.05) is 36.3 Å². The number of benzene rings is 5. The minimum absolute atomic E-state index is 0.251. The van der Waals surface area contributed by atoms with Crippen LogP contribution in [-0.2, 0) is 19.6 Å². The minimum atomic E-state index is -0.251. The van der Waals surface area contributed by atoms with Crippen LogP contribution in [0.5, 0.6) is 0 Å². The molecule has 5 rings (SSSR count). The van der Waals surface area contributed by atoms with Crippen molar-refractivity contribution in [3.63, 3.8) is 0 Å². The highest BCUT2D eigenvalue weighted by Gasteiger charge is 2.16. The normalized spacial score (nSPS) is 10.6. The maximum Gasteiger partial charge on any atom is 0.124 e. The quantitative estimate of drug-likeness (QED) is 0.212. The summed E-state index contributed by atoms with van der Waals surface area (Å²) in [5.74, 6) is 6.47. The molecule has 0 radical (unpaired) electrons. The van der Waals surface area contributed by atoms with Crippen molar-refractivity contribution in [3.8, 4) is 23.0 Å². The van der Waals surface area contributed by atoms with Crippen molar-refractivity contribution in [1.82, 2.24) is 4.90 Å². The Balaban J connectivity index is 1.58. The first-order valence-corrected chi connectivity index (χ1v) is 12.5. The lowest BCUT2D eigenvalue weighted by Crippen LogP contribution is -2.23. The highest BCUT2D eigenvalue weighted by Crippen LogP contribution is 2.29. The largest absolute Gasteiger partial charge is 0.291 e. The Hall–Kier alpha value is -4.45. The Morgan fingerprint density at radius 2 is 1.05 bits per heavy atom. The summed E-state index contributed by atoms with van der Waals surface area (Å²) < 4.78 is 15.1. The average molecular weight is 482 g/mol. The molecule has 2 heteroatoms. The van der Waals surface area contributed by atoms with Gasteiger partial charge in [0.1, 0.15) is 5.82 Å². The predicted octanol–water partition coefficient (Wildman–Crippen LogP) is 8.09. The molecule has 0 atom stereocenters. The summed E-state index contributed by atoms with van der Waals surface area (Å²) in [6.45, 7) is 2.07. The van der Waals surface area contributed by atoms with Crippen LogP contribution in [0.3, 0.4) is 0 Å². The Morgan fingerprint density at radius 3 is 1.62 bits per heavy atom. The summed E-state index contributed by atoms with van der Waals surface area (Å²) in [4.78, 5) is 2.35. The molecule has 0 saturated heterocycles. The van der Waals surface area contributed by atoms with Gasteiger partial charge in [-0.05, 0) is 46.5 Å². The van der Waals surface area contributed by atoms with Crippen LogP contribution in [-0.4, -0.2) is 4.90 Å². The van der Waals surface area contributed by atoms with Gasteiger partial charge in [0.05, 0.1) is 0 Å². The molecule has 0 N–H and O–H groups in total. The molecule has 0 spiro atoms. The highest BCUT2D eigenvalue weighted by atomic mass is 19.1. The average Bonchev–Trinajstić information content (AvgIpc) is 2.94. The van der Waals surface area contributed by atoms with Gasteiger partial charge >= 0.3 is 0 Å². The predicted molar refractivity (Wildman–Crippen MR) is 150 cm³/mol. The Morgan fingerprint density at radius 1 is 0.541 bits per heavy atom. The zero-order valence-corrected chi connectivity index (χ0v) is 20.6. The molecule has 37 heavy (non-hydrogen) atoms. The first kappa shape index (κ1) is 24.3. The van der Waals surface area contributed by atoms with Gasteiger partial charge in [-0.25, -0.2) is 4.39 Å². The number of rotatable bonds is 7. The monoisotopic (exact) mass is 481 g/mol. The third-order valence-corrected chi connectivity index (χ3v) is 6.27. The van der Waals surface area contributed by atoms with Crippen molar-refractivity contribution in [2.75, 3.05) is 0 Å². The van der Waals surface area contributed by atoms with Crippen molar-refractivity contribution < 1.29 is 4.39 Å². The van der Waals surface area contributed by atoms with Crippen molar-refractivity contribution in [2.45, 2.75) is 19.6 Å². The van der Waals surface area contributed by atoms with Crippen molar-refractivity contribution >= 4 is 0 Å². The standard InChI is InChI=1S/C35H28FN/c36-33-23-32(27-37(25-29-15-7-2-8-16-29)26-30-17-9-3-10-18-30)34(22-21-28-13-5-1-6-14-28)35(24-33)31-19-11-4-12-20-31/h1-20,23-24H,25-27H2. The summed E-state index contributed by atoms with van der Waals surface area (Å²) in [6, 6.07) is 44.0. The van der Waals surface area contributed by atoms with Crippen LogP contribution in [0, 0.1) is 17.7 Å². The molecule has 1 nitrogen and oxygen atoms in total. The van der Waals surface area contributed by atoms with Crippen molar-refractivity contribution in [2.24, 2.45) is 0 Å². The number of halogens is 1. The van der Waals surface area contributed by atoms with Gasteiger partial charge in [0.2, 0.25) is 0 Å². The number of hydrogen-bond acceptors (Lipinski definition) is 1. The second-order valence-electron chi connectivity index (χ2n) is 9.09. The molecule has 0 unspecified atom stereocenters. The molecule has 180 valence electrons. The zero-order valence-electron chi connectivity index (χ0n) is 20.6. The van der Waals surface area contributed by atoms with E-state index in [9.17, 15) is 0 Å². The van der Waals surface area contributed by atoms with Crippen LogP contribution in [0.2, 0.25) is 0 Å². The molecule has 0 aromatic heterocycles. The fraction of sp³-hybridized carbons (Fsp3) is 0.0857. The summed E-state index contributed by atoms with van der Waals surface area (Å²) in [7, 11) is 0. The molecule has 0 bridgehead atoms. The van der Waals surface area contributed by atoms with E-state index in [0.717, 1.165) is 40.9 Å². The van der Waals surface area contributed by atoms with Crippen molar-refractivity contribution in [1.29, 1.82) is 0 Å². The molecule has 5 aromatic carbocycles. The van der Waals surface area contributed by atoms with Gasteiger partial charge in [-0.15, -0.1) is 0 Å². The summed E-state index contributed by atoms with van der Waals surface area (Å²) in [6.07, 6.45) is 0. The van der Waals surface area contributed by atoms with Gasteiger partial charge in [-0.1, -0.05) is 121 Å². The van der Waals surface area contributed by atoms with E-state index in [1.807, 2.05) is 72.8 Å². The van der Waals surface area contributed by atoms with Gasteiger partial charge in [0.15, 0.2) is 0 Å². The van der Waals surface area contributed by atoms with Crippen molar-refractivity contribution in [3.05, 3.63) is 167 Å². The fourth-order valence-electron chi connectivity index (χ4n) is 4.53. The molecule has 0 aliphatic heterocycles. The Labute approximate surface area is 218 Å². The minimum Gasteiger partial charge on any atom is -0.291 e. The Kier molecular flexibility index (Phi) is 7.86. The van der Waals surface area contributed by atoms with E-state index in [-0.39, 0.29) is 5.82 Å². The molecule has 0 amide bonds. The van der Waals surface area contributed by atoms with E-state index >= 15 is 4.39 Å². The van der Waals surface area contributed by atoms with Crippen LogP contribution >= 0.6 is 0 Å². The summed E-state index contributed by atoms with van der Waals surface area (Å²) in [5, 5.41) is 0. The lowest BCUT2D eigenvalue weighted by Gasteiger charge is -2.24. The van der Waals surface area contributed by atoms with Gasteiger partial charge in [-0.3, -0.25) is 4.90 Å². The maximum atomic E-state index is 15.1. The van der Waals surface area contributed by atoms with E-state index in [1.54, 1.807) is 12.1 Å². The van der Waals surface area contributed by atoms with E-state index in [0.29, 0.717) is 6.54 Å². The lowest BCUT2D eigenvalue weighted by molar-refractivity contribution is 0.247. The fourth-order valence-corrected chi connectivity index (χ4v) is 4.53. The first-order valence-electron chi connectivity index (χ1n) is 12.5. The van der Waals surface area contributed by atoms with E-state index in [1.165, 1.54) is 11.1 Å². The SMILES string of the molecule is Fc1cc(CN(Cc2ccccc2)Cc2ccccc2)c(C#Cc2ccccc2)c(-c2ccccc2)c1. The maximum absolute atomic E-state index is 15.1. The van der Waals surface area contributed by atoms with Crippen LogP contribution in [0.4, 0.5) is 4.39 Å². The first-order chi connectivity index (χ1) is 18.2. The van der Waals surface area contributed by atoms with Crippen LogP contribution < -0.4 is 0 Å². The molecule has 0 heterocycles. The zero-order chi connectivity index (χ0) is 25.3. The highest BCUT2D eigenvalue weighted by molar-refractivity contribution is 5.73. The third kappa shape index (κ3) is 6.61. The van der Waals surface area contributed by atoms with E-state index in [2.05, 4.69) is 65.3 Å². The lowest BCUT2D eigenvalue weighted by atomic mass is 9.94. The number of nitrogens with zero attached hydrogens (tertiary/aromatic N) is 1. The molecular weight excluding hydrogens is 453 g/mol. The topological polar surface area (TPSA) is 3.24 Å². The molecule has 0 aliphatic rings. The molecular formula is C35H28FN. The van der Waals surface area contributed by atoms with Gasteiger partial charge in [0.25, 0.3) is 0 Å². The molecule has 0 fully saturated rings. The molecule has 0 saturated carbocycles. The number of hydrogen-bond donors (Lipinski definition) is 0. The second kappa shape index (κ2) is 12.0. The Bertz CT molecular complexity index is 1440. The summed E-state index contributed by atoms with van der Waals surface area (Å²) in [5.41, 5.74) is 6.89. The van der Waals surface area contributed by atoms with Crippen LogP contribution in [0.25, 0.3) is 11.1 Å². The second-order valence-corrected chi connectivity index (χ2v) is 9.09. The van der Waals surface area contributed by atoms with Crippen LogP contribution in [0.15, 0.2) is 133 Å².